The van der Waals surface area contributed by atoms with Gasteiger partial charge in [-0.1, -0.05) is 41.0 Å². The maximum Gasteiger partial charge on any atom is 0.316 e. The highest BCUT2D eigenvalue weighted by atomic mass is 16.5. The average Bonchev–Trinajstić information content (AvgIpc) is 2.40. The summed E-state index contributed by atoms with van der Waals surface area (Å²) in [6.45, 7) is 9.71. The first-order chi connectivity index (χ1) is 9.77. The molecule has 1 fully saturated rings. The molecule has 0 radical (unpaired) electrons. The maximum atomic E-state index is 12.8. The van der Waals surface area contributed by atoms with Crippen LogP contribution < -0.4 is 0 Å². The fraction of sp³-hybridized carbons (Fsp3) is 0.824. The van der Waals surface area contributed by atoms with Crippen LogP contribution in [-0.4, -0.2) is 24.6 Å². The number of hydrogen-bond donors (Lipinski definition) is 0. The molecule has 0 aromatic heterocycles. The van der Waals surface area contributed by atoms with Gasteiger partial charge >= 0.3 is 5.97 Å². The van der Waals surface area contributed by atoms with E-state index < -0.39 is 17.8 Å². The van der Waals surface area contributed by atoms with Gasteiger partial charge in [0.1, 0.15) is 11.7 Å². The number of methoxy groups -OCH3 is 1. The quantitative estimate of drug-likeness (QED) is 0.578. The molecule has 1 aliphatic carbocycles. The molecule has 4 unspecified atom stereocenters. The Bertz CT molecular complexity index is 411. The van der Waals surface area contributed by atoms with Crippen molar-refractivity contribution in [3.63, 3.8) is 0 Å². The Hall–Kier alpha value is -1.19. The predicted molar refractivity (Wildman–Crippen MR) is 80.6 cm³/mol. The normalized spacial score (nSPS) is 30.1. The van der Waals surface area contributed by atoms with Crippen LogP contribution in [0.2, 0.25) is 0 Å². The Labute approximate surface area is 127 Å². The number of carbonyl (C=O) groups is 3. The molecule has 0 saturated heterocycles. The van der Waals surface area contributed by atoms with Crippen LogP contribution in [0.3, 0.4) is 0 Å². The van der Waals surface area contributed by atoms with E-state index in [2.05, 4.69) is 0 Å². The highest BCUT2D eigenvalue weighted by Crippen LogP contribution is 2.42. The second-order valence-corrected chi connectivity index (χ2v) is 6.74. The van der Waals surface area contributed by atoms with E-state index in [0.29, 0.717) is 0 Å². The van der Waals surface area contributed by atoms with E-state index in [0.717, 1.165) is 12.8 Å². The first-order valence-corrected chi connectivity index (χ1v) is 7.93. The van der Waals surface area contributed by atoms with E-state index in [9.17, 15) is 14.4 Å². The van der Waals surface area contributed by atoms with Crippen LogP contribution in [0.5, 0.6) is 0 Å². The van der Waals surface area contributed by atoms with Gasteiger partial charge in [0, 0.05) is 5.92 Å². The molecule has 0 heterocycles. The summed E-state index contributed by atoms with van der Waals surface area (Å²) in [5.74, 6) is -2.62. The van der Waals surface area contributed by atoms with Gasteiger partial charge in [0.25, 0.3) is 0 Å². The van der Waals surface area contributed by atoms with Crippen LogP contribution >= 0.6 is 0 Å². The van der Waals surface area contributed by atoms with Crippen molar-refractivity contribution >= 4 is 17.5 Å². The zero-order valence-corrected chi connectivity index (χ0v) is 14.0. The Balaban J connectivity index is 3.32. The minimum atomic E-state index is -0.795. The monoisotopic (exact) mass is 296 g/mol. The third kappa shape index (κ3) is 3.35. The summed E-state index contributed by atoms with van der Waals surface area (Å²) in [6.07, 6.45) is 1.60. The van der Waals surface area contributed by atoms with Crippen molar-refractivity contribution in [2.45, 2.75) is 47.5 Å². The Morgan fingerprint density at radius 3 is 2.05 bits per heavy atom. The van der Waals surface area contributed by atoms with Gasteiger partial charge in [-0.15, -0.1) is 0 Å². The van der Waals surface area contributed by atoms with Gasteiger partial charge in [-0.2, -0.15) is 0 Å². The average molecular weight is 296 g/mol. The number of rotatable bonds is 5. The maximum absolute atomic E-state index is 12.8. The van der Waals surface area contributed by atoms with Crippen molar-refractivity contribution in [2.75, 3.05) is 7.11 Å². The molecule has 4 atom stereocenters. The molecule has 1 rings (SSSR count). The summed E-state index contributed by atoms with van der Waals surface area (Å²) in [6, 6.07) is 0. The van der Waals surface area contributed by atoms with Gasteiger partial charge in [0.05, 0.1) is 13.0 Å². The van der Waals surface area contributed by atoms with Gasteiger partial charge in [0.15, 0.2) is 5.78 Å². The minimum Gasteiger partial charge on any atom is -0.468 e. The van der Waals surface area contributed by atoms with Crippen LogP contribution in [0.1, 0.15) is 47.5 Å². The molecule has 0 amide bonds. The molecule has 0 bridgehead atoms. The van der Waals surface area contributed by atoms with Gasteiger partial charge in [-0.3, -0.25) is 14.4 Å². The molecule has 0 aliphatic heterocycles. The summed E-state index contributed by atoms with van der Waals surface area (Å²) in [5.41, 5.74) is 0. The van der Waals surface area contributed by atoms with E-state index >= 15 is 0 Å². The molecule has 120 valence electrons. The molecule has 4 heteroatoms. The third-order valence-corrected chi connectivity index (χ3v) is 4.63. The van der Waals surface area contributed by atoms with Gasteiger partial charge in [0.2, 0.25) is 0 Å². The molecule has 1 saturated carbocycles. The molecule has 0 aromatic rings. The van der Waals surface area contributed by atoms with Gasteiger partial charge in [-0.25, -0.2) is 0 Å². The van der Waals surface area contributed by atoms with Crippen molar-refractivity contribution in [1.82, 2.24) is 0 Å². The Kier molecular flexibility index (Phi) is 6.11. The molecule has 0 aromatic carbocycles. The number of esters is 1. The predicted octanol–water partition coefficient (Wildman–Crippen LogP) is 2.89. The number of ether oxygens (including phenoxy) is 1. The number of ketones is 2. The van der Waals surface area contributed by atoms with E-state index in [1.165, 1.54) is 7.11 Å². The highest BCUT2D eigenvalue weighted by molar-refractivity contribution is 6.13. The highest BCUT2D eigenvalue weighted by Gasteiger charge is 2.53. The zero-order valence-electron chi connectivity index (χ0n) is 14.0. The van der Waals surface area contributed by atoms with Crippen LogP contribution in [-0.2, 0) is 19.1 Å². The second-order valence-electron chi connectivity index (χ2n) is 6.74. The lowest BCUT2D eigenvalue weighted by atomic mass is 9.59. The first kappa shape index (κ1) is 17.9. The fourth-order valence-corrected chi connectivity index (χ4v) is 3.73. The zero-order chi connectivity index (χ0) is 16.3. The van der Waals surface area contributed by atoms with Crippen LogP contribution in [0.25, 0.3) is 0 Å². The van der Waals surface area contributed by atoms with Crippen LogP contribution in [0.15, 0.2) is 0 Å². The smallest absolute Gasteiger partial charge is 0.316 e. The molecule has 0 N–H and O–H groups in total. The lowest BCUT2D eigenvalue weighted by Crippen LogP contribution is -2.53. The standard InChI is InChI=1S/C17H28O4/c1-7-8-11-12(9(2)3)14(17(20)21-6)16(19)13(10(4)5)15(11)18/h9-14H,7-8H2,1-6H3. The summed E-state index contributed by atoms with van der Waals surface area (Å²) in [7, 11) is 1.31. The molecule has 1 aliphatic rings. The van der Waals surface area contributed by atoms with E-state index in [1.54, 1.807) is 0 Å². The Morgan fingerprint density at radius 1 is 1.10 bits per heavy atom. The van der Waals surface area contributed by atoms with E-state index in [1.807, 2.05) is 34.6 Å². The van der Waals surface area contributed by atoms with E-state index in [4.69, 9.17) is 4.74 Å². The van der Waals surface area contributed by atoms with Crippen molar-refractivity contribution in [3.05, 3.63) is 0 Å². The summed E-state index contributed by atoms with van der Waals surface area (Å²) in [4.78, 5) is 37.6. The van der Waals surface area contributed by atoms with Crippen LogP contribution in [0.4, 0.5) is 0 Å². The van der Waals surface area contributed by atoms with Crippen molar-refractivity contribution in [1.29, 1.82) is 0 Å². The Morgan fingerprint density at radius 2 is 1.67 bits per heavy atom. The largest absolute Gasteiger partial charge is 0.468 e. The lowest BCUT2D eigenvalue weighted by molar-refractivity contribution is -0.162. The fourth-order valence-electron chi connectivity index (χ4n) is 3.73. The summed E-state index contributed by atoms with van der Waals surface area (Å²) < 4.78 is 4.86. The van der Waals surface area contributed by atoms with Crippen molar-refractivity contribution < 1.29 is 19.1 Å². The van der Waals surface area contributed by atoms with Crippen LogP contribution in [0, 0.1) is 35.5 Å². The van der Waals surface area contributed by atoms with Gasteiger partial charge in [-0.05, 0) is 24.2 Å². The molecular weight excluding hydrogens is 268 g/mol. The number of Topliss-reactive ketones (excluding diaryl/α,β-unsaturated/α-hetero) is 2. The molecule has 4 nitrogen and oxygen atoms in total. The third-order valence-electron chi connectivity index (χ3n) is 4.63. The van der Waals surface area contributed by atoms with Crippen molar-refractivity contribution in [3.8, 4) is 0 Å². The van der Waals surface area contributed by atoms with Crippen molar-refractivity contribution in [2.24, 2.45) is 35.5 Å². The van der Waals surface area contributed by atoms with E-state index in [-0.39, 0.29) is 35.2 Å². The summed E-state index contributed by atoms with van der Waals surface area (Å²) >= 11 is 0. The number of carbonyl (C=O) groups excluding carboxylic acids is 3. The molecule has 21 heavy (non-hydrogen) atoms. The summed E-state index contributed by atoms with van der Waals surface area (Å²) in [5, 5.41) is 0. The molecular formula is C17H28O4. The number of hydrogen-bond acceptors (Lipinski definition) is 4. The first-order valence-electron chi connectivity index (χ1n) is 7.93. The minimum absolute atomic E-state index is 0.0238. The molecule has 0 spiro atoms. The lowest BCUT2D eigenvalue weighted by Gasteiger charge is -2.41. The SMILES string of the molecule is CCCC1C(=O)C(C(C)C)C(=O)C(C(=O)OC)C1C(C)C. The van der Waals surface area contributed by atoms with Gasteiger partial charge < -0.3 is 4.74 Å². The second kappa shape index (κ2) is 7.19. The topological polar surface area (TPSA) is 60.4 Å².